The summed E-state index contributed by atoms with van der Waals surface area (Å²) in [6, 6.07) is 2.47. The van der Waals surface area contributed by atoms with E-state index in [1.165, 1.54) is 0 Å². The number of sulfone groups is 1. The summed E-state index contributed by atoms with van der Waals surface area (Å²) in [6.07, 6.45) is 1.63. The van der Waals surface area contributed by atoms with Gasteiger partial charge in [-0.05, 0) is 31.0 Å². The average Bonchev–Trinajstić information content (AvgIpc) is 3.11. The molecule has 108 valence electrons. The molecule has 1 fully saturated rings. The van der Waals surface area contributed by atoms with Crippen LogP contribution in [-0.4, -0.2) is 37.2 Å². The van der Waals surface area contributed by atoms with Gasteiger partial charge in [0.1, 0.15) is 16.5 Å². The molecule has 0 heterocycles. The lowest BCUT2D eigenvalue weighted by molar-refractivity contribution is -0.118. The van der Waals surface area contributed by atoms with E-state index in [0.29, 0.717) is 6.07 Å². The molecule has 0 radical (unpaired) electrons. The maximum absolute atomic E-state index is 13.7. The minimum Gasteiger partial charge on any atom is -0.478 e. The van der Waals surface area contributed by atoms with E-state index in [0.717, 1.165) is 25.0 Å². The topological polar surface area (TPSA) is 101 Å². The summed E-state index contributed by atoms with van der Waals surface area (Å²) in [5.41, 5.74) is -0.358. The summed E-state index contributed by atoms with van der Waals surface area (Å²) in [5, 5.41) is 11.2. The number of hydrogen-bond donors (Lipinski definition) is 2. The van der Waals surface area contributed by atoms with E-state index >= 15 is 0 Å². The predicted octanol–water partition coefficient (Wildman–Crippen LogP) is 0.576. The number of carbonyl (C=O) groups is 2. The first-order chi connectivity index (χ1) is 9.29. The van der Waals surface area contributed by atoms with Crippen LogP contribution >= 0.6 is 0 Å². The van der Waals surface area contributed by atoms with Gasteiger partial charge in [0.25, 0.3) is 0 Å². The van der Waals surface area contributed by atoms with E-state index < -0.39 is 38.2 Å². The molecule has 2 N–H and O–H groups in total. The Kier molecular flexibility index (Phi) is 3.76. The number of aromatic carboxylic acids is 1. The van der Waals surface area contributed by atoms with Crippen LogP contribution in [0.4, 0.5) is 4.39 Å². The second-order valence-corrected chi connectivity index (χ2v) is 6.51. The zero-order valence-electron chi connectivity index (χ0n) is 10.3. The predicted molar refractivity (Wildman–Crippen MR) is 66.6 cm³/mol. The molecule has 0 bridgehead atoms. The second kappa shape index (κ2) is 5.20. The van der Waals surface area contributed by atoms with Gasteiger partial charge in [-0.2, -0.15) is 0 Å². The van der Waals surface area contributed by atoms with Gasteiger partial charge in [0.05, 0.1) is 5.56 Å². The Morgan fingerprint density at radius 2 is 2.00 bits per heavy atom. The number of hydrogen-bond acceptors (Lipinski definition) is 4. The Bertz CT molecular complexity index is 666. The number of amides is 1. The van der Waals surface area contributed by atoms with Crippen LogP contribution in [-0.2, 0) is 14.6 Å². The van der Waals surface area contributed by atoms with Crippen molar-refractivity contribution in [1.29, 1.82) is 0 Å². The van der Waals surface area contributed by atoms with Crippen molar-refractivity contribution >= 4 is 21.7 Å². The molecule has 0 saturated heterocycles. The fourth-order valence-corrected chi connectivity index (χ4v) is 2.85. The molecule has 0 unspecified atom stereocenters. The highest BCUT2D eigenvalue weighted by atomic mass is 32.2. The number of rotatable bonds is 5. The van der Waals surface area contributed by atoms with Gasteiger partial charge in [0.2, 0.25) is 5.91 Å². The third-order valence-corrected chi connectivity index (χ3v) is 4.42. The summed E-state index contributed by atoms with van der Waals surface area (Å²) < 4.78 is 37.5. The van der Waals surface area contributed by atoms with E-state index in [9.17, 15) is 22.4 Å². The SMILES string of the molecule is O=C(CS(=O)(=O)c1ccc(C(=O)O)cc1F)NC1CC1. The van der Waals surface area contributed by atoms with Crippen molar-refractivity contribution in [3.8, 4) is 0 Å². The molecular weight excluding hydrogens is 289 g/mol. The molecule has 0 atom stereocenters. The van der Waals surface area contributed by atoms with Gasteiger partial charge in [0, 0.05) is 6.04 Å². The molecule has 2 rings (SSSR count). The molecule has 1 aliphatic carbocycles. The molecule has 1 aromatic rings. The van der Waals surface area contributed by atoms with Crippen molar-refractivity contribution in [3.63, 3.8) is 0 Å². The maximum atomic E-state index is 13.7. The summed E-state index contributed by atoms with van der Waals surface area (Å²) in [6.45, 7) is 0. The Morgan fingerprint density at radius 1 is 1.35 bits per heavy atom. The third-order valence-electron chi connectivity index (χ3n) is 2.78. The fraction of sp³-hybridized carbons (Fsp3) is 0.333. The Hall–Kier alpha value is -1.96. The van der Waals surface area contributed by atoms with Gasteiger partial charge >= 0.3 is 5.97 Å². The van der Waals surface area contributed by atoms with Gasteiger partial charge in [-0.15, -0.1) is 0 Å². The van der Waals surface area contributed by atoms with Crippen molar-refractivity contribution < 1.29 is 27.5 Å². The van der Waals surface area contributed by atoms with Crippen LogP contribution < -0.4 is 5.32 Å². The minimum absolute atomic E-state index is 0.0110. The first kappa shape index (κ1) is 14.4. The van der Waals surface area contributed by atoms with E-state index in [2.05, 4.69) is 5.32 Å². The molecule has 0 aromatic heterocycles. The monoisotopic (exact) mass is 301 g/mol. The van der Waals surface area contributed by atoms with Crippen LogP contribution in [0.15, 0.2) is 23.1 Å². The number of halogens is 1. The summed E-state index contributed by atoms with van der Waals surface area (Å²) in [4.78, 5) is 21.4. The summed E-state index contributed by atoms with van der Waals surface area (Å²) in [7, 11) is -4.13. The molecule has 1 amide bonds. The van der Waals surface area contributed by atoms with E-state index in [1.807, 2.05) is 0 Å². The first-order valence-corrected chi connectivity index (χ1v) is 7.50. The van der Waals surface area contributed by atoms with Crippen molar-refractivity contribution in [2.75, 3.05) is 5.75 Å². The van der Waals surface area contributed by atoms with Gasteiger partial charge in [-0.3, -0.25) is 4.79 Å². The lowest BCUT2D eigenvalue weighted by Gasteiger charge is -2.07. The number of carboxylic acid groups (broad SMARTS) is 1. The fourth-order valence-electron chi connectivity index (χ4n) is 1.63. The third kappa shape index (κ3) is 3.32. The lowest BCUT2D eigenvalue weighted by atomic mass is 10.2. The largest absolute Gasteiger partial charge is 0.478 e. The van der Waals surface area contributed by atoms with Crippen LogP contribution in [0, 0.1) is 5.82 Å². The lowest BCUT2D eigenvalue weighted by Crippen LogP contribution is -2.32. The smallest absolute Gasteiger partial charge is 0.335 e. The molecule has 20 heavy (non-hydrogen) atoms. The average molecular weight is 301 g/mol. The molecule has 0 spiro atoms. The highest BCUT2D eigenvalue weighted by molar-refractivity contribution is 7.92. The minimum atomic E-state index is -4.13. The van der Waals surface area contributed by atoms with Crippen molar-refractivity contribution in [2.24, 2.45) is 0 Å². The van der Waals surface area contributed by atoms with Crippen molar-refractivity contribution in [3.05, 3.63) is 29.6 Å². The summed E-state index contributed by atoms with van der Waals surface area (Å²) >= 11 is 0. The molecule has 1 saturated carbocycles. The zero-order valence-corrected chi connectivity index (χ0v) is 11.1. The normalized spacial score (nSPS) is 14.8. The quantitative estimate of drug-likeness (QED) is 0.828. The maximum Gasteiger partial charge on any atom is 0.335 e. The van der Waals surface area contributed by atoms with Gasteiger partial charge in [0.15, 0.2) is 9.84 Å². The molecule has 1 aliphatic rings. The molecule has 6 nitrogen and oxygen atoms in total. The first-order valence-electron chi connectivity index (χ1n) is 5.84. The molecular formula is C12H12FNO5S. The van der Waals surface area contributed by atoms with Crippen molar-refractivity contribution in [1.82, 2.24) is 5.32 Å². The van der Waals surface area contributed by atoms with E-state index in [1.54, 1.807) is 0 Å². The van der Waals surface area contributed by atoms with E-state index in [-0.39, 0.29) is 11.6 Å². The van der Waals surface area contributed by atoms with Crippen LogP contribution in [0.1, 0.15) is 23.2 Å². The number of carboxylic acids is 1. The van der Waals surface area contributed by atoms with E-state index in [4.69, 9.17) is 5.11 Å². The Labute approximate surface area is 114 Å². The second-order valence-electron chi connectivity index (χ2n) is 4.55. The number of carbonyl (C=O) groups excluding carboxylic acids is 1. The molecule has 0 aliphatic heterocycles. The van der Waals surface area contributed by atoms with Crippen LogP contribution in [0.5, 0.6) is 0 Å². The summed E-state index contributed by atoms with van der Waals surface area (Å²) in [5.74, 6) is -4.08. The highest BCUT2D eigenvalue weighted by Crippen LogP contribution is 2.20. The highest BCUT2D eigenvalue weighted by Gasteiger charge is 2.28. The van der Waals surface area contributed by atoms with Gasteiger partial charge in [-0.25, -0.2) is 17.6 Å². The molecule has 8 heteroatoms. The van der Waals surface area contributed by atoms with Gasteiger partial charge < -0.3 is 10.4 Å². The van der Waals surface area contributed by atoms with Crippen LogP contribution in [0.2, 0.25) is 0 Å². The Morgan fingerprint density at radius 3 is 2.50 bits per heavy atom. The number of benzene rings is 1. The zero-order chi connectivity index (χ0) is 14.9. The van der Waals surface area contributed by atoms with Crippen LogP contribution in [0.25, 0.3) is 0 Å². The Balaban J connectivity index is 2.20. The van der Waals surface area contributed by atoms with Gasteiger partial charge in [-0.1, -0.05) is 0 Å². The molecule has 1 aromatic carbocycles. The van der Waals surface area contributed by atoms with Crippen molar-refractivity contribution in [2.45, 2.75) is 23.8 Å². The van der Waals surface area contributed by atoms with Crippen LogP contribution in [0.3, 0.4) is 0 Å². The number of nitrogens with one attached hydrogen (secondary N) is 1. The standard InChI is InChI=1S/C12H12FNO5S/c13-9-5-7(12(16)17)1-4-10(9)20(18,19)6-11(15)14-8-2-3-8/h1,4-5,8H,2-3,6H2,(H,14,15)(H,16,17).